The first-order chi connectivity index (χ1) is 16.5. The Balaban J connectivity index is 0.00000289. The zero-order valence-corrected chi connectivity index (χ0v) is 21.1. The molecular formula is C26H35Cl2N5O. The molecule has 6 nitrogen and oxygen atoms in total. The quantitative estimate of drug-likeness (QED) is 0.599. The van der Waals surface area contributed by atoms with Crippen LogP contribution in [0.5, 0.6) is 0 Å². The van der Waals surface area contributed by atoms with Gasteiger partial charge in [0.25, 0.3) is 5.91 Å². The topological polar surface area (TPSA) is 51.7 Å². The molecular weight excluding hydrogens is 469 g/mol. The van der Waals surface area contributed by atoms with Crippen molar-refractivity contribution >= 4 is 34.9 Å². The lowest BCUT2D eigenvalue weighted by Crippen LogP contribution is -2.53. The second-order valence-corrected chi connectivity index (χ2v) is 10.7. The molecule has 2 aliphatic heterocycles. The van der Waals surface area contributed by atoms with Crippen molar-refractivity contribution in [1.29, 1.82) is 0 Å². The summed E-state index contributed by atoms with van der Waals surface area (Å²) in [4.78, 5) is 24.3. The van der Waals surface area contributed by atoms with Crippen molar-refractivity contribution in [3.05, 3.63) is 57.7 Å². The molecule has 1 aromatic heterocycles. The minimum Gasteiger partial charge on any atom is -0.353 e. The van der Waals surface area contributed by atoms with Crippen molar-refractivity contribution in [3.8, 4) is 0 Å². The summed E-state index contributed by atoms with van der Waals surface area (Å²) >= 11 is 12.6. The minimum absolute atomic E-state index is 0. The highest BCUT2D eigenvalue weighted by molar-refractivity contribution is 6.33. The van der Waals surface area contributed by atoms with Crippen LogP contribution in [0.15, 0.2) is 36.5 Å². The summed E-state index contributed by atoms with van der Waals surface area (Å²) in [5.41, 5.74) is 1.87. The number of anilines is 1. The highest BCUT2D eigenvalue weighted by atomic mass is 35.5. The number of benzene rings is 1. The number of pyridine rings is 1. The van der Waals surface area contributed by atoms with E-state index in [4.69, 9.17) is 23.2 Å². The van der Waals surface area contributed by atoms with Gasteiger partial charge in [0.1, 0.15) is 5.82 Å². The Hall–Kier alpha value is -1.86. The molecule has 0 spiro atoms. The van der Waals surface area contributed by atoms with Gasteiger partial charge in [-0.1, -0.05) is 35.3 Å². The van der Waals surface area contributed by atoms with Crippen molar-refractivity contribution in [2.75, 3.05) is 50.7 Å². The largest absolute Gasteiger partial charge is 0.353 e. The average molecular weight is 505 g/mol. The third-order valence-electron chi connectivity index (χ3n) is 7.34. The molecule has 1 aromatic carbocycles. The van der Waals surface area contributed by atoms with Gasteiger partial charge in [0.15, 0.2) is 0 Å². The van der Waals surface area contributed by atoms with Crippen LogP contribution in [0, 0.1) is 5.92 Å². The molecule has 0 atom stereocenters. The lowest BCUT2D eigenvalue weighted by molar-refractivity contribution is 0.0951. The summed E-state index contributed by atoms with van der Waals surface area (Å²) < 4.78 is 0. The first-order valence-electron chi connectivity index (χ1n) is 12.4. The molecule has 184 valence electrons. The smallest absolute Gasteiger partial charge is 0.252 e. The van der Waals surface area contributed by atoms with Crippen LogP contribution in [0.1, 0.15) is 43.0 Å². The van der Waals surface area contributed by atoms with Gasteiger partial charge in [0.2, 0.25) is 0 Å². The zero-order chi connectivity index (χ0) is 23.5. The van der Waals surface area contributed by atoms with Gasteiger partial charge in [0, 0.05) is 58.0 Å². The molecule has 3 heterocycles. The van der Waals surface area contributed by atoms with Gasteiger partial charge in [-0.05, 0) is 68.5 Å². The Labute approximate surface area is 213 Å². The number of likely N-dealkylation sites (tertiary alicyclic amines) is 1. The predicted octanol–water partition coefficient (Wildman–Crippen LogP) is 4.56. The number of aromatic nitrogens is 1. The molecule has 0 unspecified atom stereocenters. The molecule has 3 aliphatic rings. The van der Waals surface area contributed by atoms with Crippen molar-refractivity contribution in [1.82, 2.24) is 20.1 Å². The predicted molar refractivity (Wildman–Crippen MR) is 140 cm³/mol. The van der Waals surface area contributed by atoms with Gasteiger partial charge < -0.3 is 10.2 Å². The number of hydrogen-bond acceptors (Lipinski definition) is 5. The number of halogens is 2. The van der Waals surface area contributed by atoms with Crippen LogP contribution in [0.2, 0.25) is 10.0 Å². The molecule has 8 heteroatoms. The molecule has 34 heavy (non-hydrogen) atoms. The van der Waals surface area contributed by atoms with Crippen LogP contribution in [-0.2, 0) is 6.54 Å². The molecule has 1 saturated carbocycles. The van der Waals surface area contributed by atoms with E-state index in [9.17, 15) is 4.79 Å². The van der Waals surface area contributed by atoms with E-state index in [2.05, 4.69) is 37.1 Å². The summed E-state index contributed by atoms with van der Waals surface area (Å²) in [5.74, 6) is 1.36. The van der Waals surface area contributed by atoms with Gasteiger partial charge >= 0.3 is 0 Å². The molecule has 0 radical (unpaired) electrons. The Morgan fingerprint density at radius 2 is 1.71 bits per heavy atom. The van der Waals surface area contributed by atoms with Crippen LogP contribution < -0.4 is 10.2 Å². The monoisotopic (exact) mass is 503 g/mol. The van der Waals surface area contributed by atoms with Crippen molar-refractivity contribution in [2.45, 2.75) is 38.3 Å². The first-order valence-corrected chi connectivity index (χ1v) is 13.2. The van der Waals surface area contributed by atoms with Crippen molar-refractivity contribution in [2.24, 2.45) is 5.92 Å². The molecule has 3 fully saturated rings. The molecule has 2 saturated heterocycles. The highest BCUT2D eigenvalue weighted by Crippen LogP contribution is 2.29. The molecule has 1 aliphatic carbocycles. The summed E-state index contributed by atoms with van der Waals surface area (Å²) in [6.45, 7) is 7.86. The Kier molecular flexibility index (Phi) is 7.59. The molecule has 5 rings (SSSR count). The van der Waals surface area contributed by atoms with Gasteiger partial charge in [-0.15, -0.1) is 0 Å². The van der Waals surface area contributed by atoms with Crippen LogP contribution in [0.4, 0.5) is 5.82 Å². The molecule has 1 amide bonds. The second kappa shape index (κ2) is 10.8. The third-order valence-corrected chi connectivity index (χ3v) is 7.87. The van der Waals surface area contributed by atoms with E-state index in [0.29, 0.717) is 22.5 Å². The number of nitrogens with zero attached hydrogens (tertiary/aromatic N) is 4. The fourth-order valence-electron chi connectivity index (χ4n) is 5.04. The highest BCUT2D eigenvalue weighted by Gasteiger charge is 2.29. The molecule has 0 bridgehead atoms. The Morgan fingerprint density at radius 3 is 2.35 bits per heavy atom. The minimum atomic E-state index is -0.0833. The summed E-state index contributed by atoms with van der Waals surface area (Å²) in [6, 6.07) is 10.6. The van der Waals surface area contributed by atoms with E-state index >= 15 is 0 Å². The molecule has 1 N–H and O–H groups in total. The maximum absolute atomic E-state index is 12.3. The lowest BCUT2D eigenvalue weighted by Gasteiger charge is -2.43. The van der Waals surface area contributed by atoms with E-state index in [1.54, 1.807) is 12.3 Å². The van der Waals surface area contributed by atoms with Gasteiger partial charge in [0.05, 0.1) is 10.6 Å². The number of rotatable bonds is 7. The van der Waals surface area contributed by atoms with Crippen molar-refractivity contribution in [3.63, 3.8) is 0 Å². The van der Waals surface area contributed by atoms with Crippen molar-refractivity contribution < 1.29 is 6.22 Å². The number of amides is 1. The van der Waals surface area contributed by atoms with E-state index in [1.165, 1.54) is 31.2 Å². The van der Waals surface area contributed by atoms with E-state index in [-0.39, 0.29) is 7.33 Å². The SMILES string of the molecule is O=C(NCC1CC1)c1cnc(N2CCN(C3CCN(Cc4ccc(Cl)cc4)CC3)CC2)c(Cl)c1.[HH]. The Bertz CT molecular complexity index is 988. The average Bonchev–Trinajstić information content (AvgIpc) is 3.69. The van der Waals surface area contributed by atoms with Crippen LogP contribution in [-0.4, -0.2) is 72.5 Å². The van der Waals surface area contributed by atoms with Gasteiger partial charge in [-0.2, -0.15) is 0 Å². The van der Waals surface area contributed by atoms with Gasteiger partial charge in [-0.3, -0.25) is 14.6 Å². The number of piperidine rings is 1. The van der Waals surface area contributed by atoms with E-state index < -0.39 is 0 Å². The standard InChI is InChI=1S/C26H33Cl2N5O.H2/c27-22-5-3-20(4-6-22)18-31-9-7-23(8-10-31)32-11-13-33(14-12-32)25-24(28)15-21(17-29-25)26(34)30-16-19-1-2-19;/h3-6,15,17,19,23H,1-2,7-14,16,18H2,(H,30,34);1H. The Morgan fingerprint density at radius 1 is 1.00 bits per heavy atom. The maximum atomic E-state index is 12.3. The van der Waals surface area contributed by atoms with Crippen LogP contribution in [0.25, 0.3) is 0 Å². The zero-order valence-electron chi connectivity index (χ0n) is 19.6. The van der Waals surface area contributed by atoms with Crippen LogP contribution in [0.3, 0.4) is 0 Å². The summed E-state index contributed by atoms with van der Waals surface area (Å²) in [6.07, 6.45) is 6.50. The number of nitrogens with one attached hydrogen (secondary N) is 1. The van der Waals surface area contributed by atoms with Gasteiger partial charge in [-0.25, -0.2) is 4.98 Å². The number of hydrogen-bond donors (Lipinski definition) is 1. The normalized spacial score (nSPS) is 20.5. The fourth-order valence-corrected chi connectivity index (χ4v) is 5.45. The fraction of sp³-hybridized carbons (Fsp3) is 0.538. The summed E-state index contributed by atoms with van der Waals surface area (Å²) in [7, 11) is 0. The number of piperazine rings is 1. The first kappa shape index (κ1) is 23.9. The summed E-state index contributed by atoms with van der Waals surface area (Å²) in [5, 5.41) is 4.33. The van der Waals surface area contributed by atoms with Crippen LogP contribution >= 0.6 is 23.2 Å². The maximum Gasteiger partial charge on any atom is 0.252 e. The molecule has 2 aromatic rings. The van der Waals surface area contributed by atoms with E-state index in [1.807, 2.05) is 12.1 Å². The number of carbonyl (C=O) groups is 1. The van der Waals surface area contributed by atoms with E-state index in [0.717, 1.165) is 63.2 Å². The number of carbonyl (C=O) groups excluding carboxylic acids is 1. The third kappa shape index (κ3) is 6.03. The lowest BCUT2D eigenvalue weighted by atomic mass is 10.0. The second-order valence-electron chi connectivity index (χ2n) is 9.84.